The lowest BCUT2D eigenvalue weighted by molar-refractivity contribution is 0.102. The minimum absolute atomic E-state index is 0.125. The van der Waals surface area contributed by atoms with Crippen molar-refractivity contribution >= 4 is 35.1 Å². The van der Waals surface area contributed by atoms with Gasteiger partial charge in [0.15, 0.2) is 0 Å². The van der Waals surface area contributed by atoms with Crippen molar-refractivity contribution in [2.45, 2.75) is 11.5 Å². The first-order valence-electron chi connectivity index (χ1n) is 8.20. The summed E-state index contributed by atoms with van der Waals surface area (Å²) in [6.07, 6.45) is 1.53. The summed E-state index contributed by atoms with van der Waals surface area (Å²) < 4.78 is 2.07. The smallest absolute Gasteiger partial charge is 0.255 e. The number of tetrazole rings is 1. The van der Waals surface area contributed by atoms with Gasteiger partial charge in [-0.3, -0.25) is 4.79 Å². The summed E-state index contributed by atoms with van der Waals surface area (Å²) in [7, 11) is 0. The number of carbonyl (C=O) groups is 1. The molecule has 0 atom stereocenters. The minimum atomic E-state index is -0.125. The second-order valence-electron chi connectivity index (χ2n) is 5.85. The Labute approximate surface area is 159 Å². The maximum absolute atomic E-state index is 12.6. The molecule has 1 amide bonds. The molecule has 2 aromatic carbocycles. The van der Waals surface area contributed by atoms with Crippen molar-refractivity contribution in [3.63, 3.8) is 0 Å². The highest BCUT2D eigenvalue weighted by atomic mass is 32.2. The molecule has 0 saturated carbocycles. The van der Waals surface area contributed by atoms with Gasteiger partial charge < -0.3 is 5.32 Å². The molecule has 132 valence electrons. The normalized spacial score (nSPS) is 14.5. The Morgan fingerprint density at radius 1 is 1.15 bits per heavy atom. The van der Waals surface area contributed by atoms with Gasteiger partial charge in [-0.2, -0.15) is 0 Å². The predicted octanol–water partition coefficient (Wildman–Crippen LogP) is 3.70. The molecule has 1 aliphatic rings. The van der Waals surface area contributed by atoms with Gasteiger partial charge in [0.25, 0.3) is 5.91 Å². The van der Waals surface area contributed by atoms with Crippen molar-refractivity contribution in [3.8, 4) is 5.69 Å². The monoisotopic (exact) mass is 383 g/mol. The van der Waals surface area contributed by atoms with Gasteiger partial charge in [0.1, 0.15) is 6.33 Å². The number of aromatic nitrogens is 4. The third kappa shape index (κ3) is 3.47. The number of carbonyl (C=O) groups excluding carboxylic acids is 1. The number of amides is 1. The van der Waals surface area contributed by atoms with Gasteiger partial charge in [-0.1, -0.05) is 18.2 Å². The molecular formula is C18H17N5OS2. The first-order valence-corrected chi connectivity index (χ1v) is 10.3. The molecule has 8 heteroatoms. The maximum Gasteiger partial charge on any atom is 0.255 e. The van der Waals surface area contributed by atoms with Crippen LogP contribution in [0.3, 0.4) is 0 Å². The first-order chi connectivity index (χ1) is 12.7. The number of nitrogens with one attached hydrogen (secondary N) is 1. The van der Waals surface area contributed by atoms with Crippen molar-refractivity contribution in [1.29, 1.82) is 0 Å². The highest BCUT2D eigenvalue weighted by Crippen LogP contribution is 2.45. The van der Waals surface area contributed by atoms with E-state index in [1.807, 2.05) is 60.8 Å². The van der Waals surface area contributed by atoms with E-state index in [-0.39, 0.29) is 5.91 Å². The van der Waals surface area contributed by atoms with Crippen LogP contribution in [0.4, 0.5) is 5.69 Å². The molecule has 1 aromatic heterocycles. The molecule has 2 heterocycles. The van der Waals surface area contributed by atoms with E-state index in [9.17, 15) is 4.79 Å². The number of thioether (sulfide) groups is 2. The molecule has 0 bridgehead atoms. The van der Waals surface area contributed by atoms with Gasteiger partial charge in [-0.05, 0) is 52.7 Å². The Bertz CT molecular complexity index is 906. The Hall–Kier alpha value is -2.32. The Kier molecular flexibility index (Phi) is 4.94. The van der Waals surface area contributed by atoms with Crippen LogP contribution in [0.2, 0.25) is 0 Å². The molecule has 1 fully saturated rings. The molecule has 1 saturated heterocycles. The SMILES string of the molecule is Cc1c(NC(=O)c2ccc(C3SCCS3)cc2)cccc1-n1cnnn1. The summed E-state index contributed by atoms with van der Waals surface area (Å²) in [5.41, 5.74) is 4.40. The lowest BCUT2D eigenvalue weighted by Crippen LogP contribution is -2.13. The average Bonchev–Trinajstić information content (AvgIpc) is 3.37. The number of anilines is 1. The quantitative estimate of drug-likeness (QED) is 0.741. The predicted molar refractivity (Wildman–Crippen MR) is 106 cm³/mol. The van der Waals surface area contributed by atoms with Crippen LogP contribution < -0.4 is 5.32 Å². The molecule has 0 radical (unpaired) electrons. The molecule has 0 unspecified atom stereocenters. The van der Waals surface area contributed by atoms with Gasteiger partial charge in [-0.25, -0.2) is 4.68 Å². The fraction of sp³-hybridized carbons (Fsp3) is 0.222. The highest BCUT2D eigenvalue weighted by Gasteiger charge is 2.18. The Morgan fingerprint density at radius 2 is 1.92 bits per heavy atom. The summed E-state index contributed by atoms with van der Waals surface area (Å²) in [5, 5.41) is 14.2. The minimum Gasteiger partial charge on any atom is -0.322 e. The molecule has 3 aromatic rings. The number of rotatable bonds is 4. The van der Waals surface area contributed by atoms with Crippen LogP contribution >= 0.6 is 23.5 Å². The summed E-state index contributed by atoms with van der Waals surface area (Å²) >= 11 is 3.92. The average molecular weight is 384 g/mol. The lowest BCUT2D eigenvalue weighted by Gasteiger charge is -2.13. The van der Waals surface area contributed by atoms with Crippen molar-refractivity contribution in [2.24, 2.45) is 0 Å². The first kappa shape index (κ1) is 17.1. The van der Waals surface area contributed by atoms with E-state index in [0.717, 1.165) is 16.9 Å². The summed E-state index contributed by atoms with van der Waals surface area (Å²) in [6.45, 7) is 1.93. The van der Waals surface area contributed by atoms with E-state index in [4.69, 9.17) is 0 Å². The third-order valence-corrected chi connectivity index (χ3v) is 7.32. The molecule has 26 heavy (non-hydrogen) atoms. The van der Waals surface area contributed by atoms with Gasteiger partial charge in [0.2, 0.25) is 0 Å². The molecule has 1 aliphatic heterocycles. The van der Waals surface area contributed by atoms with Gasteiger partial charge in [0.05, 0.1) is 10.3 Å². The van der Waals surface area contributed by atoms with Crippen LogP contribution in [0.5, 0.6) is 0 Å². The fourth-order valence-electron chi connectivity index (χ4n) is 2.82. The van der Waals surface area contributed by atoms with Crippen molar-refractivity contribution < 1.29 is 4.79 Å². The topological polar surface area (TPSA) is 72.7 Å². The van der Waals surface area contributed by atoms with E-state index < -0.39 is 0 Å². The van der Waals surface area contributed by atoms with Crippen LogP contribution in [0.15, 0.2) is 48.8 Å². The molecule has 4 rings (SSSR count). The number of benzene rings is 2. The molecule has 6 nitrogen and oxygen atoms in total. The Morgan fingerprint density at radius 3 is 2.62 bits per heavy atom. The second-order valence-corrected chi connectivity index (χ2v) is 8.58. The van der Waals surface area contributed by atoms with Crippen molar-refractivity contribution in [3.05, 3.63) is 65.5 Å². The standard InChI is InChI=1S/C18H17N5OS2/c1-12-15(3-2-4-16(12)23-11-19-21-22-23)20-17(24)13-5-7-14(8-6-13)18-25-9-10-26-18/h2-8,11,18H,9-10H2,1H3,(H,20,24). The summed E-state index contributed by atoms with van der Waals surface area (Å²) in [6, 6.07) is 13.5. The van der Waals surface area contributed by atoms with E-state index in [1.54, 1.807) is 4.68 Å². The molecule has 0 spiro atoms. The summed E-state index contributed by atoms with van der Waals surface area (Å²) in [4.78, 5) is 12.6. The molecule has 0 aliphatic carbocycles. The summed E-state index contributed by atoms with van der Waals surface area (Å²) in [5.74, 6) is 2.25. The zero-order valence-corrected chi connectivity index (χ0v) is 15.8. The lowest BCUT2D eigenvalue weighted by atomic mass is 10.1. The zero-order chi connectivity index (χ0) is 17.9. The highest BCUT2D eigenvalue weighted by molar-refractivity contribution is 8.19. The zero-order valence-electron chi connectivity index (χ0n) is 14.1. The van der Waals surface area contributed by atoms with Crippen LogP contribution in [0.1, 0.15) is 26.1 Å². The largest absolute Gasteiger partial charge is 0.322 e. The fourth-order valence-corrected chi connectivity index (χ4v) is 5.68. The molecule has 1 N–H and O–H groups in total. The Balaban J connectivity index is 1.52. The van der Waals surface area contributed by atoms with E-state index in [0.29, 0.717) is 10.1 Å². The second kappa shape index (κ2) is 7.51. The maximum atomic E-state index is 12.6. The van der Waals surface area contributed by atoms with Crippen molar-refractivity contribution in [2.75, 3.05) is 16.8 Å². The number of nitrogens with zero attached hydrogens (tertiary/aromatic N) is 4. The van der Waals surface area contributed by atoms with Gasteiger partial charge in [-0.15, -0.1) is 28.6 Å². The van der Waals surface area contributed by atoms with Crippen molar-refractivity contribution in [1.82, 2.24) is 20.2 Å². The van der Waals surface area contributed by atoms with Gasteiger partial charge in [0, 0.05) is 22.8 Å². The third-order valence-electron chi connectivity index (χ3n) is 4.22. The van der Waals surface area contributed by atoms with Crippen LogP contribution in [-0.4, -0.2) is 37.6 Å². The molecular weight excluding hydrogens is 366 g/mol. The number of hydrogen-bond acceptors (Lipinski definition) is 6. The van der Waals surface area contributed by atoms with E-state index in [2.05, 4.69) is 33.0 Å². The van der Waals surface area contributed by atoms with Crippen LogP contribution in [0.25, 0.3) is 5.69 Å². The van der Waals surface area contributed by atoms with Crippen LogP contribution in [0, 0.1) is 6.92 Å². The van der Waals surface area contributed by atoms with E-state index in [1.165, 1.54) is 23.4 Å². The number of hydrogen-bond donors (Lipinski definition) is 1. The van der Waals surface area contributed by atoms with E-state index >= 15 is 0 Å². The van der Waals surface area contributed by atoms with Crippen LogP contribution in [-0.2, 0) is 0 Å². The van der Waals surface area contributed by atoms with Gasteiger partial charge >= 0.3 is 0 Å².